The van der Waals surface area contributed by atoms with Gasteiger partial charge < -0.3 is 25.4 Å². The van der Waals surface area contributed by atoms with Crippen LogP contribution in [0.2, 0.25) is 0 Å². The fourth-order valence-electron chi connectivity index (χ4n) is 2.61. The Morgan fingerprint density at radius 1 is 1.25 bits per heavy atom. The lowest BCUT2D eigenvalue weighted by Gasteiger charge is -2.34. The summed E-state index contributed by atoms with van der Waals surface area (Å²) in [5.41, 5.74) is 0.578. The number of benzene rings is 1. The van der Waals surface area contributed by atoms with Gasteiger partial charge in [-0.15, -0.1) is 5.10 Å². The Bertz CT molecular complexity index is 946. The maximum absolute atomic E-state index is 12.1. The average molecular weight is 413 g/mol. The number of nitrogens with two attached hydrogens (primary N) is 1. The Morgan fingerprint density at radius 3 is 2.57 bits per heavy atom. The summed E-state index contributed by atoms with van der Waals surface area (Å²) in [6, 6.07) is 5.10. The van der Waals surface area contributed by atoms with Crippen LogP contribution in [-0.4, -0.2) is 69.6 Å². The van der Waals surface area contributed by atoms with Gasteiger partial charge in [0.1, 0.15) is 24.0 Å². The van der Waals surface area contributed by atoms with Crippen molar-refractivity contribution in [2.75, 3.05) is 6.61 Å². The topological polar surface area (TPSA) is 190 Å². The fraction of sp³-hybridized carbons (Fsp3) is 0.400. The number of hydrogen-bond donors (Lipinski definition) is 5. The third-order valence-electron chi connectivity index (χ3n) is 4.17. The second-order valence-electron chi connectivity index (χ2n) is 6.21. The highest BCUT2D eigenvalue weighted by atomic mass is 32.2. The van der Waals surface area contributed by atoms with Crippen LogP contribution in [0.5, 0.6) is 0 Å². The molecule has 152 valence electrons. The second-order valence-corrected chi connectivity index (χ2v) is 7.78. The lowest BCUT2D eigenvalue weighted by Crippen LogP contribution is -2.50. The van der Waals surface area contributed by atoms with Gasteiger partial charge in [-0.2, -0.15) is 0 Å². The van der Waals surface area contributed by atoms with Crippen LogP contribution in [0.25, 0.3) is 0 Å². The van der Waals surface area contributed by atoms with Crippen LogP contribution < -0.4 is 10.5 Å². The number of amides is 1. The summed E-state index contributed by atoms with van der Waals surface area (Å²) in [6.07, 6.45) is -3.59. The first-order valence-electron chi connectivity index (χ1n) is 8.14. The number of aliphatic hydroxyl groups is 3. The molecule has 0 bridgehead atoms. The molecular weight excluding hydrogens is 394 g/mol. The van der Waals surface area contributed by atoms with Gasteiger partial charge in [-0.1, -0.05) is 5.21 Å². The normalized spacial score (nSPS) is 25.4. The molecular formula is C15H19N5O7S. The molecule has 0 radical (unpaired) electrons. The SMILES string of the molecule is NS(=O)(=O)c1ccc(C(=O)NCc2cn([C@H]3OC[C@@H](O)[C@@H](O)[C@@H]3O)nn2)cc1. The molecule has 2 aromatic rings. The van der Waals surface area contributed by atoms with Crippen molar-refractivity contribution in [3.05, 3.63) is 41.7 Å². The van der Waals surface area contributed by atoms with Crippen molar-refractivity contribution in [3.63, 3.8) is 0 Å². The number of nitrogens with zero attached hydrogens (tertiary/aromatic N) is 3. The summed E-state index contributed by atoms with van der Waals surface area (Å²) in [4.78, 5) is 12.0. The van der Waals surface area contributed by atoms with Crippen LogP contribution >= 0.6 is 0 Å². The second kappa shape index (κ2) is 7.90. The molecule has 1 fully saturated rings. The highest BCUT2D eigenvalue weighted by Gasteiger charge is 2.39. The number of rotatable bonds is 5. The molecule has 1 aliphatic heterocycles. The molecule has 13 heteroatoms. The molecule has 1 aromatic carbocycles. The van der Waals surface area contributed by atoms with E-state index in [9.17, 15) is 28.5 Å². The van der Waals surface area contributed by atoms with Crippen LogP contribution in [0, 0.1) is 0 Å². The summed E-state index contributed by atoms with van der Waals surface area (Å²) in [5, 5.41) is 44.4. The number of ether oxygens (including phenoxy) is 1. The zero-order valence-corrected chi connectivity index (χ0v) is 15.2. The van der Waals surface area contributed by atoms with Crippen molar-refractivity contribution in [1.82, 2.24) is 20.3 Å². The molecule has 1 amide bonds. The Balaban J connectivity index is 1.60. The molecule has 28 heavy (non-hydrogen) atoms. The van der Waals surface area contributed by atoms with E-state index in [1.54, 1.807) is 0 Å². The molecule has 4 atom stereocenters. The lowest BCUT2D eigenvalue weighted by molar-refractivity contribution is -0.214. The Hall–Kier alpha value is -2.42. The van der Waals surface area contributed by atoms with Gasteiger partial charge in [-0.05, 0) is 24.3 Å². The van der Waals surface area contributed by atoms with Crippen LogP contribution in [0.4, 0.5) is 0 Å². The number of nitrogens with one attached hydrogen (secondary N) is 1. The van der Waals surface area contributed by atoms with Gasteiger partial charge in [0.15, 0.2) is 6.23 Å². The maximum atomic E-state index is 12.1. The largest absolute Gasteiger partial charge is 0.388 e. The number of aromatic nitrogens is 3. The molecule has 1 saturated heterocycles. The maximum Gasteiger partial charge on any atom is 0.251 e. The molecule has 0 unspecified atom stereocenters. The number of carbonyl (C=O) groups is 1. The lowest BCUT2D eigenvalue weighted by atomic mass is 10.0. The number of primary sulfonamides is 1. The van der Waals surface area contributed by atoms with E-state index >= 15 is 0 Å². The molecule has 0 spiro atoms. The minimum Gasteiger partial charge on any atom is -0.388 e. The molecule has 6 N–H and O–H groups in total. The average Bonchev–Trinajstić information content (AvgIpc) is 3.12. The van der Waals surface area contributed by atoms with Crippen molar-refractivity contribution in [3.8, 4) is 0 Å². The van der Waals surface area contributed by atoms with Crippen molar-refractivity contribution in [1.29, 1.82) is 0 Å². The smallest absolute Gasteiger partial charge is 0.251 e. The Morgan fingerprint density at radius 2 is 1.93 bits per heavy atom. The van der Waals surface area contributed by atoms with Gasteiger partial charge in [0.25, 0.3) is 5.91 Å². The molecule has 1 aromatic heterocycles. The monoisotopic (exact) mass is 413 g/mol. The number of carbonyl (C=O) groups excluding carboxylic acids is 1. The highest BCUT2D eigenvalue weighted by Crippen LogP contribution is 2.23. The first-order chi connectivity index (χ1) is 13.2. The van der Waals surface area contributed by atoms with Gasteiger partial charge in [0.2, 0.25) is 10.0 Å². The molecule has 1 aliphatic rings. The molecule has 3 rings (SSSR count). The van der Waals surface area contributed by atoms with Crippen LogP contribution in [-0.2, 0) is 21.3 Å². The van der Waals surface area contributed by atoms with Crippen molar-refractivity contribution < 1.29 is 33.3 Å². The fourth-order valence-corrected chi connectivity index (χ4v) is 3.13. The minimum absolute atomic E-state index is 0.00374. The van der Waals surface area contributed by atoms with E-state index in [1.807, 2.05) is 0 Å². The van der Waals surface area contributed by atoms with Crippen molar-refractivity contribution >= 4 is 15.9 Å². The predicted molar refractivity (Wildman–Crippen MR) is 92.0 cm³/mol. The predicted octanol–water partition coefficient (Wildman–Crippen LogP) is -2.53. The van der Waals surface area contributed by atoms with E-state index < -0.39 is 40.5 Å². The van der Waals surface area contributed by atoms with E-state index in [2.05, 4.69) is 15.6 Å². The quantitative estimate of drug-likeness (QED) is 0.352. The van der Waals surface area contributed by atoms with Crippen LogP contribution in [0.1, 0.15) is 22.3 Å². The number of aliphatic hydroxyl groups excluding tert-OH is 3. The summed E-state index contributed by atoms with van der Waals surface area (Å²) in [6.45, 7) is -0.174. The summed E-state index contributed by atoms with van der Waals surface area (Å²) < 4.78 is 28.9. The van der Waals surface area contributed by atoms with Gasteiger partial charge in [-0.25, -0.2) is 18.2 Å². The number of hydrogen-bond acceptors (Lipinski definition) is 9. The third kappa shape index (κ3) is 4.35. The summed E-state index contributed by atoms with van der Waals surface area (Å²) in [7, 11) is -3.84. The van der Waals surface area contributed by atoms with E-state index in [1.165, 1.54) is 35.1 Å². The van der Waals surface area contributed by atoms with Gasteiger partial charge in [-0.3, -0.25) is 4.79 Å². The van der Waals surface area contributed by atoms with E-state index in [-0.39, 0.29) is 23.6 Å². The van der Waals surface area contributed by atoms with Gasteiger partial charge in [0, 0.05) is 5.56 Å². The van der Waals surface area contributed by atoms with Crippen molar-refractivity contribution in [2.45, 2.75) is 36.0 Å². The van der Waals surface area contributed by atoms with E-state index in [4.69, 9.17) is 9.88 Å². The first kappa shape index (κ1) is 20.3. The zero-order valence-electron chi connectivity index (χ0n) is 14.4. The Kier molecular flexibility index (Phi) is 5.74. The third-order valence-corrected chi connectivity index (χ3v) is 5.10. The van der Waals surface area contributed by atoms with Crippen LogP contribution in [0.3, 0.4) is 0 Å². The van der Waals surface area contributed by atoms with E-state index in [0.717, 1.165) is 0 Å². The first-order valence-corrected chi connectivity index (χ1v) is 9.69. The standard InChI is InChI=1S/C15H19N5O7S/c16-28(25,26)10-3-1-8(2-4-10)14(24)17-5-9-6-20(19-18-9)15-13(23)12(22)11(21)7-27-15/h1-4,6,11-13,15,21-23H,5,7H2,(H,17,24)(H2,16,25,26)/t11-,12-,13+,15+/m1/s1. The van der Waals surface area contributed by atoms with Gasteiger partial charge >= 0.3 is 0 Å². The highest BCUT2D eigenvalue weighted by molar-refractivity contribution is 7.89. The minimum atomic E-state index is -3.84. The Labute approximate surface area is 159 Å². The molecule has 12 nitrogen and oxygen atoms in total. The summed E-state index contributed by atoms with van der Waals surface area (Å²) in [5.74, 6) is -0.469. The van der Waals surface area contributed by atoms with Gasteiger partial charge in [0.05, 0.1) is 24.2 Å². The molecule has 2 heterocycles. The summed E-state index contributed by atoms with van der Waals surface area (Å²) >= 11 is 0. The zero-order chi connectivity index (χ0) is 20.5. The molecule has 0 aliphatic carbocycles. The van der Waals surface area contributed by atoms with Crippen LogP contribution in [0.15, 0.2) is 35.4 Å². The van der Waals surface area contributed by atoms with Crippen molar-refractivity contribution in [2.24, 2.45) is 5.14 Å². The molecule has 0 saturated carbocycles. The number of sulfonamides is 1. The van der Waals surface area contributed by atoms with E-state index in [0.29, 0.717) is 5.69 Å².